The highest BCUT2D eigenvalue weighted by Crippen LogP contribution is 2.30. The molecule has 1 aromatic heterocycles. The third-order valence-electron chi connectivity index (χ3n) is 6.43. The number of nitrogens with zero attached hydrogens (tertiary/aromatic N) is 1. The molecule has 0 bridgehead atoms. The molecule has 0 aliphatic heterocycles. The van der Waals surface area contributed by atoms with Gasteiger partial charge in [0.15, 0.2) is 11.6 Å². The van der Waals surface area contributed by atoms with Crippen molar-refractivity contribution in [2.75, 3.05) is 13.1 Å². The Morgan fingerprint density at radius 1 is 0.824 bits per heavy atom. The van der Waals surface area contributed by atoms with Crippen molar-refractivity contribution >= 4 is 22.5 Å². The molecule has 3 aromatic rings. The molecule has 0 spiro atoms. The quantitative estimate of drug-likeness (QED) is 0.232. The van der Waals surface area contributed by atoms with Gasteiger partial charge in [0.2, 0.25) is 0 Å². The first-order chi connectivity index (χ1) is 16.5. The summed E-state index contributed by atoms with van der Waals surface area (Å²) in [4.78, 5) is 28.1. The smallest absolute Gasteiger partial charge is 0.197 e. The van der Waals surface area contributed by atoms with Crippen molar-refractivity contribution in [1.82, 2.24) is 4.90 Å². The highest BCUT2D eigenvalue weighted by molar-refractivity contribution is 6.17. The monoisotopic (exact) mass is 461 g/mol. The molecule has 2 aromatic carbocycles. The molecular weight excluding hydrogens is 422 g/mol. The molecule has 0 aliphatic rings. The minimum Gasteiger partial charge on any atom is -0.460 e. The SMILES string of the molecule is CCCCc1oc2ccc(C(C)=O)cc2c1C(=O)c1ccc(CN(CCCC)CCCC)cc1. The van der Waals surface area contributed by atoms with Crippen LogP contribution in [-0.2, 0) is 13.0 Å². The summed E-state index contributed by atoms with van der Waals surface area (Å²) in [5, 5.41) is 0.734. The molecule has 0 radical (unpaired) electrons. The van der Waals surface area contributed by atoms with Gasteiger partial charge in [0.1, 0.15) is 11.3 Å². The molecule has 0 saturated heterocycles. The minimum absolute atomic E-state index is 0.0170. The summed E-state index contributed by atoms with van der Waals surface area (Å²) in [7, 11) is 0. The van der Waals surface area contributed by atoms with E-state index in [4.69, 9.17) is 4.42 Å². The Morgan fingerprint density at radius 3 is 2.03 bits per heavy atom. The highest BCUT2D eigenvalue weighted by Gasteiger charge is 2.22. The van der Waals surface area contributed by atoms with Gasteiger partial charge in [-0.2, -0.15) is 0 Å². The van der Waals surface area contributed by atoms with E-state index in [2.05, 4.69) is 37.8 Å². The van der Waals surface area contributed by atoms with Gasteiger partial charge in [-0.3, -0.25) is 14.5 Å². The molecule has 0 amide bonds. The van der Waals surface area contributed by atoms with Gasteiger partial charge in [0.25, 0.3) is 0 Å². The second-order valence-corrected chi connectivity index (χ2v) is 9.28. The normalized spacial score (nSPS) is 11.4. The fourth-order valence-electron chi connectivity index (χ4n) is 4.33. The Bertz CT molecular complexity index is 1090. The van der Waals surface area contributed by atoms with Crippen molar-refractivity contribution in [3.05, 3.63) is 70.5 Å². The Morgan fingerprint density at radius 2 is 1.44 bits per heavy atom. The standard InChI is InChI=1S/C30H39NO3/c1-5-8-11-28-29(26-20-25(22(4)32)16-17-27(26)34-28)30(33)24-14-12-23(13-15-24)21-31(18-9-6-2)19-10-7-3/h12-17,20H,5-11,18-19,21H2,1-4H3. The number of furan rings is 1. The first-order valence-electron chi connectivity index (χ1n) is 12.9. The number of aryl methyl sites for hydroxylation is 1. The molecule has 4 heteroatoms. The van der Waals surface area contributed by atoms with E-state index in [1.165, 1.54) is 31.2 Å². The number of carbonyl (C=O) groups is 2. The summed E-state index contributed by atoms with van der Waals surface area (Å²) in [5.74, 6) is 0.666. The number of hydrogen-bond donors (Lipinski definition) is 0. The van der Waals surface area contributed by atoms with E-state index in [0.29, 0.717) is 28.7 Å². The van der Waals surface area contributed by atoms with Crippen LogP contribution in [0.1, 0.15) is 104 Å². The zero-order valence-electron chi connectivity index (χ0n) is 21.3. The van der Waals surface area contributed by atoms with Crippen molar-refractivity contribution in [2.24, 2.45) is 0 Å². The van der Waals surface area contributed by atoms with Gasteiger partial charge in [0, 0.05) is 29.5 Å². The van der Waals surface area contributed by atoms with Crippen LogP contribution in [0.2, 0.25) is 0 Å². The number of unbranched alkanes of at least 4 members (excludes halogenated alkanes) is 3. The molecule has 34 heavy (non-hydrogen) atoms. The van der Waals surface area contributed by atoms with Crippen LogP contribution in [0.5, 0.6) is 0 Å². The van der Waals surface area contributed by atoms with Crippen LogP contribution in [0.15, 0.2) is 46.9 Å². The predicted molar refractivity (Wildman–Crippen MR) is 140 cm³/mol. The largest absolute Gasteiger partial charge is 0.460 e. The van der Waals surface area contributed by atoms with Gasteiger partial charge in [-0.05, 0) is 63.0 Å². The number of benzene rings is 2. The molecular formula is C30H39NO3. The van der Waals surface area contributed by atoms with E-state index in [1.807, 2.05) is 18.2 Å². The summed E-state index contributed by atoms with van der Waals surface area (Å²) in [6, 6.07) is 13.4. The average molecular weight is 462 g/mol. The number of Topliss-reactive ketones (excluding diaryl/α,β-unsaturated/α-hetero) is 1. The van der Waals surface area contributed by atoms with Crippen LogP contribution in [-0.4, -0.2) is 29.6 Å². The lowest BCUT2D eigenvalue weighted by molar-refractivity contribution is 0.101. The molecule has 4 nitrogen and oxygen atoms in total. The first-order valence-corrected chi connectivity index (χ1v) is 12.9. The zero-order valence-corrected chi connectivity index (χ0v) is 21.3. The second kappa shape index (κ2) is 12.7. The van der Waals surface area contributed by atoms with Gasteiger partial charge in [-0.1, -0.05) is 64.3 Å². The lowest BCUT2D eigenvalue weighted by Gasteiger charge is -2.22. The third-order valence-corrected chi connectivity index (χ3v) is 6.43. The van der Waals surface area contributed by atoms with Crippen molar-refractivity contribution in [3.8, 4) is 0 Å². The Labute approximate surface area is 204 Å². The average Bonchev–Trinajstić information content (AvgIpc) is 3.21. The van der Waals surface area contributed by atoms with Crippen molar-refractivity contribution in [2.45, 2.75) is 79.2 Å². The molecule has 3 rings (SSSR count). The highest BCUT2D eigenvalue weighted by atomic mass is 16.3. The summed E-state index contributed by atoms with van der Waals surface area (Å²) in [5.41, 5.74) is 3.75. The lowest BCUT2D eigenvalue weighted by atomic mass is 9.96. The number of carbonyl (C=O) groups excluding carboxylic acids is 2. The molecule has 182 valence electrons. The maximum Gasteiger partial charge on any atom is 0.197 e. The van der Waals surface area contributed by atoms with Crippen LogP contribution >= 0.6 is 0 Å². The van der Waals surface area contributed by atoms with Gasteiger partial charge >= 0.3 is 0 Å². The van der Waals surface area contributed by atoms with Crippen molar-refractivity contribution in [3.63, 3.8) is 0 Å². The fourth-order valence-corrected chi connectivity index (χ4v) is 4.33. The maximum atomic E-state index is 13.6. The third kappa shape index (κ3) is 6.44. The summed E-state index contributed by atoms with van der Waals surface area (Å²) >= 11 is 0. The Hall–Kier alpha value is -2.72. The van der Waals surface area contributed by atoms with Crippen molar-refractivity contribution < 1.29 is 14.0 Å². The molecule has 1 heterocycles. The topological polar surface area (TPSA) is 50.5 Å². The van der Waals surface area contributed by atoms with Gasteiger partial charge < -0.3 is 4.42 Å². The molecule has 0 saturated carbocycles. The lowest BCUT2D eigenvalue weighted by Crippen LogP contribution is -2.25. The predicted octanol–water partition coefficient (Wildman–Crippen LogP) is 7.61. The van der Waals surface area contributed by atoms with Gasteiger partial charge in [-0.15, -0.1) is 0 Å². The summed E-state index contributed by atoms with van der Waals surface area (Å²) in [6.45, 7) is 11.3. The molecule has 0 aliphatic carbocycles. The van der Waals surface area contributed by atoms with Crippen LogP contribution in [0, 0.1) is 0 Å². The summed E-state index contributed by atoms with van der Waals surface area (Å²) < 4.78 is 6.09. The van der Waals surface area contributed by atoms with E-state index in [9.17, 15) is 9.59 Å². The van der Waals surface area contributed by atoms with Crippen LogP contribution in [0.25, 0.3) is 11.0 Å². The number of rotatable bonds is 14. The number of fused-ring (bicyclic) bond motifs is 1. The molecule has 0 N–H and O–H groups in total. The fraction of sp³-hybridized carbons (Fsp3) is 0.467. The minimum atomic E-state index is -0.0362. The number of hydrogen-bond acceptors (Lipinski definition) is 4. The maximum absolute atomic E-state index is 13.6. The first kappa shape index (κ1) is 25.9. The van der Waals surface area contributed by atoms with Crippen LogP contribution in [0.3, 0.4) is 0 Å². The molecule has 0 unspecified atom stereocenters. The Balaban J connectivity index is 1.88. The van der Waals surface area contributed by atoms with Gasteiger partial charge in [-0.25, -0.2) is 0 Å². The van der Waals surface area contributed by atoms with Crippen molar-refractivity contribution in [1.29, 1.82) is 0 Å². The Kier molecular flexibility index (Phi) is 9.64. The second-order valence-electron chi connectivity index (χ2n) is 9.28. The molecule has 0 atom stereocenters. The zero-order chi connectivity index (χ0) is 24.5. The molecule has 0 fully saturated rings. The van der Waals surface area contributed by atoms with Crippen LogP contribution in [0.4, 0.5) is 0 Å². The number of ketones is 2. The van der Waals surface area contributed by atoms with E-state index < -0.39 is 0 Å². The van der Waals surface area contributed by atoms with Crippen LogP contribution < -0.4 is 0 Å². The van der Waals surface area contributed by atoms with Gasteiger partial charge in [0.05, 0.1) is 5.56 Å². The van der Waals surface area contributed by atoms with E-state index in [1.54, 1.807) is 19.1 Å². The van der Waals surface area contributed by atoms with E-state index >= 15 is 0 Å². The van der Waals surface area contributed by atoms with E-state index in [-0.39, 0.29) is 11.6 Å². The summed E-state index contributed by atoms with van der Waals surface area (Å²) in [6.07, 6.45) is 7.48. The van der Waals surface area contributed by atoms with E-state index in [0.717, 1.165) is 43.6 Å².